The number of para-hydroxylation sites is 1. The zero-order valence-corrected chi connectivity index (χ0v) is 12.0. The fraction of sp³-hybridized carbons (Fsp3) is 0.200. The second-order valence-corrected chi connectivity index (χ2v) is 4.63. The highest BCUT2D eigenvalue weighted by atomic mass is 16.5. The van der Waals surface area contributed by atoms with Crippen molar-refractivity contribution in [2.75, 3.05) is 6.61 Å². The Kier molecular flexibility index (Phi) is 3.25. The van der Waals surface area contributed by atoms with Crippen LogP contribution in [0.1, 0.15) is 17.4 Å². The van der Waals surface area contributed by atoms with E-state index in [1.165, 1.54) is 11.6 Å². The second-order valence-electron chi connectivity index (χ2n) is 4.63. The summed E-state index contributed by atoms with van der Waals surface area (Å²) in [5.74, 6) is -0.863. The number of aromatic nitrogens is 2. The van der Waals surface area contributed by atoms with Gasteiger partial charge in [0, 0.05) is 12.4 Å². The van der Waals surface area contributed by atoms with Crippen molar-refractivity contribution in [1.29, 1.82) is 0 Å². The lowest BCUT2D eigenvalue weighted by atomic mass is 10.2. The van der Waals surface area contributed by atoms with Crippen LogP contribution in [0.3, 0.4) is 0 Å². The topological polar surface area (TPSA) is 91.4 Å². The number of benzene rings is 1. The maximum atomic E-state index is 12.3. The summed E-state index contributed by atoms with van der Waals surface area (Å²) in [6, 6.07) is 6.81. The van der Waals surface area contributed by atoms with Gasteiger partial charge in [0.25, 0.3) is 5.56 Å². The average molecular weight is 300 g/mol. The molecule has 0 radical (unpaired) electrons. The van der Waals surface area contributed by atoms with Gasteiger partial charge in [-0.2, -0.15) is 0 Å². The van der Waals surface area contributed by atoms with Gasteiger partial charge in [-0.05, 0) is 19.1 Å². The van der Waals surface area contributed by atoms with Crippen molar-refractivity contribution in [3.05, 3.63) is 50.7 Å². The summed E-state index contributed by atoms with van der Waals surface area (Å²) in [5.41, 5.74) is -1.18. The molecule has 0 saturated heterocycles. The molecule has 0 amide bonds. The van der Waals surface area contributed by atoms with E-state index in [0.717, 1.165) is 0 Å². The lowest BCUT2D eigenvalue weighted by Crippen LogP contribution is -2.29. The van der Waals surface area contributed by atoms with Crippen LogP contribution in [0.25, 0.3) is 22.0 Å². The van der Waals surface area contributed by atoms with Crippen LogP contribution in [0.4, 0.5) is 0 Å². The molecular weight excluding hydrogens is 288 g/mol. The first kappa shape index (κ1) is 14.0. The number of hydrogen-bond donors (Lipinski definition) is 0. The Morgan fingerprint density at radius 1 is 1.32 bits per heavy atom. The van der Waals surface area contributed by atoms with Crippen molar-refractivity contribution in [2.45, 2.75) is 6.92 Å². The first-order valence-corrected chi connectivity index (χ1v) is 6.64. The van der Waals surface area contributed by atoms with E-state index >= 15 is 0 Å². The van der Waals surface area contributed by atoms with Crippen LogP contribution in [-0.4, -0.2) is 22.1 Å². The number of hydrogen-bond acceptors (Lipinski definition) is 6. The van der Waals surface area contributed by atoms with Crippen LogP contribution in [0.5, 0.6) is 0 Å². The molecule has 2 aromatic heterocycles. The highest BCUT2D eigenvalue weighted by Gasteiger charge is 2.20. The van der Waals surface area contributed by atoms with Gasteiger partial charge >= 0.3 is 11.6 Å². The van der Waals surface area contributed by atoms with Crippen molar-refractivity contribution in [3.8, 4) is 0 Å². The zero-order chi connectivity index (χ0) is 15.9. The Hall–Kier alpha value is -2.96. The molecule has 3 rings (SSSR count). The van der Waals surface area contributed by atoms with E-state index in [2.05, 4.69) is 4.98 Å². The van der Waals surface area contributed by atoms with E-state index in [0.29, 0.717) is 16.5 Å². The molecule has 0 spiro atoms. The number of nitrogens with zero attached hydrogens (tertiary/aromatic N) is 2. The predicted octanol–water partition coefficient (Wildman–Crippen LogP) is 1.22. The molecule has 0 saturated carbocycles. The lowest BCUT2D eigenvalue weighted by molar-refractivity contribution is 0.0517. The van der Waals surface area contributed by atoms with Gasteiger partial charge in [-0.3, -0.25) is 4.79 Å². The fourth-order valence-electron chi connectivity index (χ4n) is 2.31. The summed E-state index contributed by atoms with van der Waals surface area (Å²) >= 11 is 0. The molecule has 7 nitrogen and oxygen atoms in total. The summed E-state index contributed by atoms with van der Waals surface area (Å²) in [6.45, 7) is 1.72. The minimum Gasteiger partial charge on any atom is -0.461 e. The van der Waals surface area contributed by atoms with Crippen LogP contribution in [0, 0.1) is 0 Å². The van der Waals surface area contributed by atoms with E-state index in [-0.39, 0.29) is 12.1 Å². The number of carbonyl (C=O) groups excluding carboxylic acids is 1. The molecule has 0 fully saturated rings. The first-order valence-electron chi connectivity index (χ1n) is 6.64. The minimum atomic E-state index is -0.863. The molecular formula is C15H12N2O5. The number of fused-ring (bicyclic) bond motifs is 3. The van der Waals surface area contributed by atoms with Gasteiger partial charge < -0.3 is 13.7 Å². The number of rotatable bonds is 2. The fourth-order valence-corrected chi connectivity index (χ4v) is 2.31. The van der Waals surface area contributed by atoms with Crippen molar-refractivity contribution in [3.63, 3.8) is 0 Å². The third kappa shape index (κ3) is 1.98. The zero-order valence-electron chi connectivity index (χ0n) is 12.0. The largest absolute Gasteiger partial charge is 0.461 e. The van der Waals surface area contributed by atoms with Crippen molar-refractivity contribution >= 4 is 28.0 Å². The Bertz CT molecular complexity index is 1020. The van der Waals surface area contributed by atoms with Crippen molar-refractivity contribution < 1.29 is 13.9 Å². The number of aryl methyl sites for hydroxylation is 1. The molecule has 112 valence electrons. The van der Waals surface area contributed by atoms with Crippen LogP contribution in [0.15, 0.2) is 38.3 Å². The summed E-state index contributed by atoms with van der Waals surface area (Å²) in [6.07, 6.45) is 0. The number of carbonyl (C=O) groups is 1. The maximum absolute atomic E-state index is 12.3. The summed E-state index contributed by atoms with van der Waals surface area (Å²) < 4.78 is 11.2. The van der Waals surface area contributed by atoms with Crippen molar-refractivity contribution in [2.24, 2.45) is 7.05 Å². The van der Waals surface area contributed by atoms with E-state index in [1.807, 2.05) is 0 Å². The molecule has 0 aliphatic carbocycles. The van der Waals surface area contributed by atoms with Crippen LogP contribution < -0.4 is 11.2 Å². The highest BCUT2D eigenvalue weighted by molar-refractivity contribution is 6.01. The van der Waals surface area contributed by atoms with E-state index in [4.69, 9.17) is 9.15 Å². The minimum absolute atomic E-state index is 0.0798. The van der Waals surface area contributed by atoms with Gasteiger partial charge in [0.2, 0.25) is 5.69 Å². The van der Waals surface area contributed by atoms with Gasteiger partial charge in [-0.1, -0.05) is 12.1 Å². The van der Waals surface area contributed by atoms with Gasteiger partial charge in [-0.25, -0.2) is 14.6 Å². The summed E-state index contributed by atoms with van der Waals surface area (Å²) in [7, 11) is 1.47. The molecule has 2 heterocycles. The molecule has 0 aliphatic rings. The molecule has 1 aromatic carbocycles. The van der Waals surface area contributed by atoms with E-state index in [9.17, 15) is 14.4 Å². The van der Waals surface area contributed by atoms with E-state index < -0.39 is 22.8 Å². The van der Waals surface area contributed by atoms with Gasteiger partial charge in [-0.15, -0.1) is 0 Å². The Morgan fingerprint density at radius 2 is 2.05 bits per heavy atom. The normalized spacial score (nSPS) is 11.0. The van der Waals surface area contributed by atoms with E-state index in [1.54, 1.807) is 31.2 Å². The number of ether oxygens (including phenoxy) is 1. The summed E-state index contributed by atoms with van der Waals surface area (Å²) in [5, 5.41) is 0.569. The number of esters is 1. The molecule has 0 bridgehead atoms. The Balaban J connectivity index is 2.49. The van der Waals surface area contributed by atoms with Crippen LogP contribution in [-0.2, 0) is 11.8 Å². The van der Waals surface area contributed by atoms with Gasteiger partial charge in [0.1, 0.15) is 5.58 Å². The smallest absolute Gasteiger partial charge is 0.364 e. The Morgan fingerprint density at radius 3 is 2.77 bits per heavy atom. The molecule has 0 N–H and O–H groups in total. The van der Waals surface area contributed by atoms with Gasteiger partial charge in [0.15, 0.2) is 5.52 Å². The molecule has 0 unspecified atom stereocenters. The molecule has 0 aliphatic heterocycles. The standard InChI is InChI=1S/C15H12N2O5/c1-3-21-14(19)11-13(18)17(2)12-8-6-4-5-7-9(8)22-15(20)10(12)16-11/h4-7H,3H2,1-2H3. The maximum Gasteiger partial charge on any atom is 0.364 e. The quantitative estimate of drug-likeness (QED) is 0.401. The van der Waals surface area contributed by atoms with Crippen LogP contribution in [0.2, 0.25) is 0 Å². The van der Waals surface area contributed by atoms with Gasteiger partial charge in [0.05, 0.1) is 12.1 Å². The Labute approximate surface area is 123 Å². The lowest BCUT2D eigenvalue weighted by Gasteiger charge is -2.08. The van der Waals surface area contributed by atoms with Crippen molar-refractivity contribution in [1.82, 2.24) is 9.55 Å². The molecule has 3 aromatic rings. The SMILES string of the molecule is CCOC(=O)c1nc2c(=O)oc3ccccc3c2n(C)c1=O. The third-order valence-electron chi connectivity index (χ3n) is 3.30. The third-order valence-corrected chi connectivity index (χ3v) is 3.30. The molecule has 7 heteroatoms. The predicted molar refractivity (Wildman–Crippen MR) is 79.0 cm³/mol. The van der Waals surface area contributed by atoms with Crippen LogP contribution >= 0.6 is 0 Å². The monoisotopic (exact) mass is 300 g/mol. The highest BCUT2D eigenvalue weighted by Crippen LogP contribution is 2.20. The second kappa shape index (κ2) is 5.10. The summed E-state index contributed by atoms with van der Waals surface area (Å²) in [4.78, 5) is 40.1. The molecule has 22 heavy (non-hydrogen) atoms. The average Bonchev–Trinajstić information content (AvgIpc) is 2.50. The molecule has 0 atom stereocenters. The first-order chi connectivity index (χ1) is 10.5.